The van der Waals surface area contributed by atoms with Gasteiger partial charge < -0.3 is 4.57 Å². The van der Waals surface area contributed by atoms with Gasteiger partial charge in [-0.05, 0) is 38.1 Å². The quantitative estimate of drug-likeness (QED) is 0.833. The van der Waals surface area contributed by atoms with Gasteiger partial charge in [-0.25, -0.2) is 4.98 Å². The van der Waals surface area contributed by atoms with Gasteiger partial charge in [-0.1, -0.05) is 0 Å². The normalized spacial score (nSPS) is 11.7. The van der Waals surface area contributed by atoms with E-state index in [0.717, 1.165) is 6.20 Å². The van der Waals surface area contributed by atoms with Gasteiger partial charge in [0, 0.05) is 17.8 Å². The van der Waals surface area contributed by atoms with Gasteiger partial charge in [0.15, 0.2) is 5.69 Å². The van der Waals surface area contributed by atoms with E-state index in [4.69, 9.17) is 5.26 Å². The Bertz CT molecular complexity index is 646. The summed E-state index contributed by atoms with van der Waals surface area (Å²) in [5, 5.41) is 8.73. The monoisotopic (exact) mass is 279 g/mol. The Morgan fingerprint density at radius 2 is 1.80 bits per heavy atom. The molecule has 0 radical (unpaired) electrons. The molecule has 0 aliphatic heterocycles. The molecule has 0 spiro atoms. The summed E-state index contributed by atoms with van der Waals surface area (Å²) in [7, 11) is 0. The number of halogens is 3. The predicted octanol–water partition coefficient (Wildman–Crippen LogP) is 4.02. The second kappa shape index (κ2) is 5.00. The molecule has 1 aromatic carbocycles. The molecule has 0 atom stereocenters. The Morgan fingerprint density at radius 1 is 1.20 bits per heavy atom. The molecule has 0 N–H and O–H groups in total. The van der Waals surface area contributed by atoms with Crippen molar-refractivity contribution in [1.82, 2.24) is 9.55 Å². The first-order valence-corrected chi connectivity index (χ1v) is 5.99. The smallest absolute Gasteiger partial charge is 0.328 e. The summed E-state index contributed by atoms with van der Waals surface area (Å²) in [4.78, 5) is 3.68. The summed E-state index contributed by atoms with van der Waals surface area (Å²) >= 11 is 0. The standard InChI is InChI=1S/C14H12F3N3/c1-9(2)20-8-12(14(15,16)17)19-13(20)11-5-3-10(7-18)4-6-11/h3-6,8-9H,1-2H3. The Hall–Kier alpha value is -2.29. The first kappa shape index (κ1) is 14.1. The molecule has 20 heavy (non-hydrogen) atoms. The molecule has 6 heteroatoms. The summed E-state index contributed by atoms with van der Waals surface area (Å²) < 4.78 is 39.8. The Balaban J connectivity index is 2.54. The van der Waals surface area contributed by atoms with Gasteiger partial charge in [0.25, 0.3) is 0 Å². The molecule has 1 heterocycles. The minimum atomic E-state index is -4.47. The summed E-state index contributed by atoms with van der Waals surface area (Å²) in [6.07, 6.45) is -3.46. The predicted molar refractivity (Wildman–Crippen MR) is 67.8 cm³/mol. The molecule has 0 aliphatic rings. The number of nitrogens with zero attached hydrogens (tertiary/aromatic N) is 3. The number of alkyl halides is 3. The Morgan fingerprint density at radius 3 is 2.25 bits per heavy atom. The number of hydrogen-bond donors (Lipinski definition) is 0. The van der Waals surface area contributed by atoms with Gasteiger partial charge in [0.2, 0.25) is 0 Å². The van der Waals surface area contributed by atoms with E-state index in [1.807, 2.05) is 6.07 Å². The number of benzene rings is 1. The van der Waals surface area contributed by atoms with E-state index in [0.29, 0.717) is 11.1 Å². The van der Waals surface area contributed by atoms with Crippen molar-refractivity contribution in [2.24, 2.45) is 0 Å². The van der Waals surface area contributed by atoms with E-state index >= 15 is 0 Å². The lowest BCUT2D eigenvalue weighted by Gasteiger charge is -2.11. The third-order valence-electron chi connectivity index (χ3n) is 2.85. The van der Waals surface area contributed by atoms with Crippen molar-refractivity contribution in [1.29, 1.82) is 5.26 Å². The second-order valence-electron chi connectivity index (χ2n) is 4.64. The molecule has 2 aromatic rings. The van der Waals surface area contributed by atoms with Crippen LogP contribution in [0.15, 0.2) is 30.5 Å². The third kappa shape index (κ3) is 2.67. The number of imidazole rings is 1. The maximum Gasteiger partial charge on any atom is 0.434 e. The summed E-state index contributed by atoms with van der Waals surface area (Å²) in [6, 6.07) is 8.13. The van der Waals surface area contributed by atoms with Gasteiger partial charge in [-0.15, -0.1) is 0 Å². The zero-order chi connectivity index (χ0) is 14.9. The molecular weight excluding hydrogens is 267 g/mol. The van der Waals surface area contributed by atoms with Crippen LogP contribution in [-0.4, -0.2) is 9.55 Å². The maximum atomic E-state index is 12.8. The van der Waals surface area contributed by atoms with E-state index < -0.39 is 11.9 Å². The number of aromatic nitrogens is 2. The van der Waals surface area contributed by atoms with Gasteiger partial charge in [0.05, 0.1) is 11.6 Å². The highest BCUT2D eigenvalue weighted by molar-refractivity contribution is 5.58. The molecule has 0 fully saturated rings. The molecular formula is C14H12F3N3. The van der Waals surface area contributed by atoms with Gasteiger partial charge in [-0.2, -0.15) is 18.4 Å². The van der Waals surface area contributed by atoms with E-state index in [1.165, 1.54) is 4.57 Å². The van der Waals surface area contributed by atoms with Crippen LogP contribution in [-0.2, 0) is 6.18 Å². The highest BCUT2D eigenvalue weighted by Gasteiger charge is 2.35. The highest BCUT2D eigenvalue weighted by Crippen LogP contribution is 2.32. The van der Waals surface area contributed by atoms with Crippen molar-refractivity contribution < 1.29 is 13.2 Å². The van der Waals surface area contributed by atoms with Crippen molar-refractivity contribution in [2.45, 2.75) is 26.1 Å². The first-order valence-electron chi connectivity index (χ1n) is 5.99. The van der Waals surface area contributed by atoms with Crippen LogP contribution in [0.25, 0.3) is 11.4 Å². The van der Waals surface area contributed by atoms with Crippen LogP contribution in [0.3, 0.4) is 0 Å². The van der Waals surface area contributed by atoms with Crippen LogP contribution >= 0.6 is 0 Å². The summed E-state index contributed by atoms with van der Waals surface area (Å²) in [5.74, 6) is 0.247. The molecule has 0 saturated carbocycles. The summed E-state index contributed by atoms with van der Waals surface area (Å²) in [6.45, 7) is 3.57. The fourth-order valence-electron chi connectivity index (χ4n) is 1.83. The van der Waals surface area contributed by atoms with E-state index in [9.17, 15) is 13.2 Å². The van der Waals surface area contributed by atoms with Crippen molar-refractivity contribution in [3.8, 4) is 17.5 Å². The zero-order valence-corrected chi connectivity index (χ0v) is 10.9. The second-order valence-corrected chi connectivity index (χ2v) is 4.64. The van der Waals surface area contributed by atoms with E-state index in [1.54, 1.807) is 38.1 Å². The molecule has 1 aromatic heterocycles. The third-order valence-corrected chi connectivity index (χ3v) is 2.85. The van der Waals surface area contributed by atoms with Gasteiger partial charge in [0.1, 0.15) is 5.82 Å². The average molecular weight is 279 g/mol. The molecule has 0 aliphatic carbocycles. The minimum absolute atomic E-state index is 0.149. The fraction of sp³-hybridized carbons (Fsp3) is 0.286. The first-order chi connectivity index (χ1) is 9.32. The fourth-order valence-corrected chi connectivity index (χ4v) is 1.83. The molecule has 0 bridgehead atoms. The van der Waals surface area contributed by atoms with Gasteiger partial charge >= 0.3 is 6.18 Å². The lowest BCUT2D eigenvalue weighted by molar-refractivity contribution is -0.140. The van der Waals surface area contributed by atoms with Crippen molar-refractivity contribution in [3.63, 3.8) is 0 Å². The van der Waals surface area contributed by atoms with Crippen LogP contribution in [0.5, 0.6) is 0 Å². The van der Waals surface area contributed by atoms with Crippen LogP contribution in [0, 0.1) is 11.3 Å². The van der Waals surface area contributed by atoms with Crippen LogP contribution < -0.4 is 0 Å². The minimum Gasteiger partial charge on any atom is -0.328 e. The van der Waals surface area contributed by atoms with E-state index in [2.05, 4.69) is 4.98 Å². The largest absolute Gasteiger partial charge is 0.434 e. The average Bonchev–Trinajstić information content (AvgIpc) is 2.84. The van der Waals surface area contributed by atoms with Crippen molar-refractivity contribution >= 4 is 0 Å². The summed E-state index contributed by atoms with van der Waals surface area (Å²) in [5.41, 5.74) is 0.0891. The van der Waals surface area contributed by atoms with E-state index in [-0.39, 0.29) is 11.9 Å². The van der Waals surface area contributed by atoms with Crippen molar-refractivity contribution in [3.05, 3.63) is 41.7 Å². The zero-order valence-electron chi connectivity index (χ0n) is 10.9. The molecule has 0 saturated heterocycles. The molecule has 0 unspecified atom stereocenters. The number of nitriles is 1. The number of rotatable bonds is 2. The lowest BCUT2D eigenvalue weighted by atomic mass is 10.1. The maximum absolute atomic E-state index is 12.8. The van der Waals surface area contributed by atoms with Gasteiger partial charge in [-0.3, -0.25) is 0 Å². The van der Waals surface area contributed by atoms with Crippen molar-refractivity contribution in [2.75, 3.05) is 0 Å². The lowest BCUT2D eigenvalue weighted by Crippen LogP contribution is -2.05. The molecule has 0 amide bonds. The number of hydrogen-bond acceptors (Lipinski definition) is 2. The molecule has 3 nitrogen and oxygen atoms in total. The molecule has 104 valence electrons. The molecule has 2 rings (SSSR count). The Kier molecular flexibility index (Phi) is 3.53. The SMILES string of the molecule is CC(C)n1cc(C(F)(F)F)nc1-c1ccc(C#N)cc1. The highest BCUT2D eigenvalue weighted by atomic mass is 19.4. The topological polar surface area (TPSA) is 41.6 Å². The van der Waals surface area contributed by atoms with Crippen LogP contribution in [0.1, 0.15) is 31.1 Å². The Labute approximate surface area is 114 Å². The van der Waals surface area contributed by atoms with Crippen LogP contribution in [0.4, 0.5) is 13.2 Å². The van der Waals surface area contributed by atoms with Crippen LogP contribution in [0.2, 0.25) is 0 Å².